The van der Waals surface area contributed by atoms with Crippen molar-refractivity contribution in [1.82, 2.24) is 0 Å². The molecule has 1 aromatic carbocycles. The van der Waals surface area contributed by atoms with E-state index >= 15 is 0 Å². The van der Waals surface area contributed by atoms with E-state index in [0.717, 1.165) is 6.42 Å². The number of ether oxygens (including phenoxy) is 1. The van der Waals surface area contributed by atoms with Gasteiger partial charge in [0.2, 0.25) is 0 Å². The molecule has 2 rings (SSSR count). The summed E-state index contributed by atoms with van der Waals surface area (Å²) in [4.78, 5) is 4.53. The van der Waals surface area contributed by atoms with Crippen molar-refractivity contribution >= 4 is 14.0 Å². The lowest BCUT2D eigenvalue weighted by Gasteiger charge is -2.03. The molecule has 0 saturated carbocycles. The smallest absolute Gasteiger partial charge is 0.263 e. The molecule has 0 aliphatic carbocycles. The first-order valence-electron chi connectivity index (χ1n) is 6.31. The number of rotatable bonds is 2. The zero-order chi connectivity index (χ0) is 13.0. The first kappa shape index (κ1) is 12.9. The van der Waals surface area contributed by atoms with Crippen LogP contribution in [0.4, 0.5) is 0 Å². The predicted octanol–water partition coefficient (Wildman–Crippen LogP) is 2.91. The van der Waals surface area contributed by atoms with Crippen molar-refractivity contribution < 1.29 is 4.74 Å². The zero-order valence-electron chi connectivity index (χ0n) is 11.2. The summed E-state index contributed by atoms with van der Waals surface area (Å²) in [6, 6.07) is 10.6. The Bertz CT molecular complexity index is 491. The normalized spacial score (nSPS) is 18.6. The van der Waals surface area contributed by atoms with E-state index < -0.39 is 8.07 Å². The third kappa shape index (κ3) is 4.05. The highest BCUT2D eigenvalue weighted by Gasteiger charge is 2.18. The minimum atomic E-state index is -1.34. The second-order valence-electron chi connectivity index (χ2n) is 5.59. The summed E-state index contributed by atoms with van der Waals surface area (Å²) in [6.45, 7) is 7.31. The minimum absolute atomic E-state index is 0.221. The van der Waals surface area contributed by atoms with Crippen LogP contribution in [0.2, 0.25) is 19.6 Å². The van der Waals surface area contributed by atoms with Crippen molar-refractivity contribution in [1.29, 1.82) is 0 Å². The molecule has 1 aromatic rings. The molecule has 0 unspecified atom stereocenters. The van der Waals surface area contributed by atoms with Gasteiger partial charge in [-0.2, -0.15) is 0 Å². The number of aliphatic imine (C=N–C) groups is 1. The van der Waals surface area contributed by atoms with Gasteiger partial charge in [-0.25, -0.2) is 4.99 Å². The molecule has 0 radical (unpaired) electrons. The molecule has 0 amide bonds. The lowest BCUT2D eigenvalue weighted by atomic mass is 10.1. The number of benzene rings is 1. The van der Waals surface area contributed by atoms with E-state index in [-0.39, 0.29) is 6.04 Å². The van der Waals surface area contributed by atoms with Crippen LogP contribution in [0.3, 0.4) is 0 Å². The summed E-state index contributed by atoms with van der Waals surface area (Å²) in [5, 5.41) is 0. The van der Waals surface area contributed by atoms with Gasteiger partial charge in [-0.05, 0) is 17.9 Å². The van der Waals surface area contributed by atoms with Crippen LogP contribution in [0.5, 0.6) is 0 Å². The largest absolute Gasteiger partial charge is 0.469 e. The van der Waals surface area contributed by atoms with E-state index in [2.05, 4.69) is 60.4 Å². The maximum Gasteiger partial charge on any atom is 0.263 e. The average molecular weight is 257 g/mol. The molecule has 94 valence electrons. The van der Waals surface area contributed by atoms with E-state index in [4.69, 9.17) is 4.74 Å². The number of hydrogen-bond donors (Lipinski definition) is 0. The molecular formula is C15H19NOSi. The lowest BCUT2D eigenvalue weighted by Crippen LogP contribution is -2.17. The van der Waals surface area contributed by atoms with E-state index in [0.29, 0.717) is 12.5 Å². The third-order valence-corrected chi connectivity index (χ3v) is 3.45. The minimum Gasteiger partial charge on any atom is -0.469 e. The van der Waals surface area contributed by atoms with Crippen molar-refractivity contribution in [2.45, 2.75) is 32.1 Å². The second kappa shape index (κ2) is 5.41. The van der Waals surface area contributed by atoms with Gasteiger partial charge in [0.05, 0.1) is 6.04 Å². The molecule has 1 aliphatic heterocycles. The predicted molar refractivity (Wildman–Crippen MR) is 78.4 cm³/mol. The molecule has 1 heterocycles. The van der Waals surface area contributed by atoms with Gasteiger partial charge in [0, 0.05) is 0 Å². The molecule has 1 aliphatic rings. The van der Waals surface area contributed by atoms with Crippen LogP contribution in [-0.2, 0) is 11.2 Å². The highest BCUT2D eigenvalue weighted by Crippen LogP contribution is 2.11. The van der Waals surface area contributed by atoms with E-state index in [9.17, 15) is 0 Å². The first-order valence-corrected chi connectivity index (χ1v) is 9.81. The molecule has 0 spiro atoms. The molecule has 1 atom stereocenters. The maximum atomic E-state index is 5.53. The summed E-state index contributed by atoms with van der Waals surface area (Å²) in [5.41, 5.74) is 4.58. The number of hydrogen-bond acceptors (Lipinski definition) is 2. The average Bonchev–Trinajstić information content (AvgIpc) is 2.75. The molecule has 0 N–H and O–H groups in total. The van der Waals surface area contributed by atoms with Crippen molar-refractivity contribution in [3.05, 3.63) is 35.9 Å². The summed E-state index contributed by atoms with van der Waals surface area (Å²) in [7, 11) is -1.34. The first-order chi connectivity index (χ1) is 8.53. The fraction of sp³-hybridized carbons (Fsp3) is 0.400. The molecular weight excluding hydrogens is 238 g/mol. The highest BCUT2D eigenvalue weighted by atomic mass is 28.3. The van der Waals surface area contributed by atoms with Crippen LogP contribution in [0.25, 0.3) is 0 Å². The molecule has 18 heavy (non-hydrogen) atoms. The Morgan fingerprint density at radius 3 is 2.67 bits per heavy atom. The number of nitrogens with zero attached hydrogens (tertiary/aromatic N) is 1. The lowest BCUT2D eigenvalue weighted by molar-refractivity contribution is 0.319. The van der Waals surface area contributed by atoms with Gasteiger partial charge < -0.3 is 4.74 Å². The van der Waals surface area contributed by atoms with Gasteiger partial charge in [0.25, 0.3) is 5.90 Å². The monoisotopic (exact) mass is 257 g/mol. The summed E-state index contributed by atoms with van der Waals surface area (Å²) in [6.07, 6.45) is 0.930. The molecule has 3 heteroatoms. The van der Waals surface area contributed by atoms with Crippen molar-refractivity contribution in [2.24, 2.45) is 4.99 Å². The molecule has 2 nitrogen and oxygen atoms in total. The van der Waals surface area contributed by atoms with Gasteiger partial charge in [0.1, 0.15) is 14.7 Å². The Kier molecular flexibility index (Phi) is 3.88. The Hall–Kier alpha value is -1.53. The standard InChI is InChI=1S/C15H19NOSi/c1-18(2,3)10-9-15-16-14(12-17-15)11-13-7-5-4-6-8-13/h4-8,14H,11-12H2,1-3H3/t14-/m0/s1. The fourth-order valence-electron chi connectivity index (χ4n) is 1.72. The van der Waals surface area contributed by atoms with E-state index in [1.165, 1.54) is 5.56 Å². The Morgan fingerprint density at radius 2 is 2.00 bits per heavy atom. The van der Waals surface area contributed by atoms with Crippen molar-refractivity contribution in [3.63, 3.8) is 0 Å². The molecule has 0 saturated heterocycles. The van der Waals surface area contributed by atoms with E-state index in [1.807, 2.05) is 6.07 Å². The van der Waals surface area contributed by atoms with Gasteiger partial charge in [0.15, 0.2) is 0 Å². The summed E-state index contributed by atoms with van der Waals surface area (Å²) >= 11 is 0. The van der Waals surface area contributed by atoms with Crippen molar-refractivity contribution in [2.75, 3.05) is 6.61 Å². The third-order valence-electron chi connectivity index (χ3n) is 2.57. The van der Waals surface area contributed by atoms with Crippen LogP contribution < -0.4 is 0 Å². The SMILES string of the molecule is C[Si](C)(C)C#CC1=N[C@@H](Cc2ccccc2)CO1. The Balaban J connectivity index is 1.98. The molecule has 0 bridgehead atoms. The fourth-order valence-corrected chi connectivity index (χ4v) is 2.20. The molecule has 0 aromatic heterocycles. The maximum absolute atomic E-state index is 5.53. The Morgan fingerprint density at radius 1 is 1.28 bits per heavy atom. The van der Waals surface area contributed by atoms with Gasteiger partial charge in [-0.1, -0.05) is 50.0 Å². The van der Waals surface area contributed by atoms with Crippen LogP contribution in [0.15, 0.2) is 35.3 Å². The quantitative estimate of drug-likeness (QED) is 0.590. The van der Waals surface area contributed by atoms with Crippen LogP contribution >= 0.6 is 0 Å². The van der Waals surface area contributed by atoms with Crippen LogP contribution in [-0.4, -0.2) is 26.6 Å². The summed E-state index contributed by atoms with van der Waals surface area (Å²) in [5.74, 6) is 3.70. The van der Waals surface area contributed by atoms with Gasteiger partial charge in [-0.15, -0.1) is 5.54 Å². The zero-order valence-corrected chi connectivity index (χ0v) is 12.2. The van der Waals surface area contributed by atoms with Gasteiger partial charge >= 0.3 is 0 Å². The van der Waals surface area contributed by atoms with E-state index in [1.54, 1.807) is 0 Å². The second-order valence-corrected chi connectivity index (χ2v) is 10.3. The topological polar surface area (TPSA) is 21.6 Å². The highest BCUT2D eigenvalue weighted by molar-refractivity contribution is 6.84. The summed E-state index contributed by atoms with van der Waals surface area (Å²) < 4.78 is 5.53. The molecule has 0 fully saturated rings. The Labute approximate surface area is 110 Å². The van der Waals surface area contributed by atoms with Crippen molar-refractivity contribution in [3.8, 4) is 11.5 Å². The van der Waals surface area contributed by atoms with Gasteiger partial charge in [-0.3, -0.25) is 0 Å². The van der Waals surface area contributed by atoms with Crippen LogP contribution in [0.1, 0.15) is 5.56 Å². The van der Waals surface area contributed by atoms with Crippen LogP contribution in [0, 0.1) is 11.5 Å².